The predicted molar refractivity (Wildman–Crippen MR) is 44.4 cm³/mol. The van der Waals surface area contributed by atoms with E-state index < -0.39 is 15.6 Å². The predicted octanol–water partition coefficient (Wildman–Crippen LogP) is 1.06. The third-order valence-corrected chi connectivity index (χ3v) is 2.34. The van der Waals surface area contributed by atoms with Crippen LogP contribution >= 0.6 is 0 Å². The highest BCUT2D eigenvalue weighted by atomic mass is 32.2. The van der Waals surface area contributed by atoms with E-state index in [4.69, 9.17) is 9.81 Å². The average Bonchev–Trinajstić information content (AvgIpc) is 2.05. The molecule has 0 bridgehead atoms. The molecule has 1 aromatic rings. The molecule has 1 aromatic carbocycles. The van der Waals surface area contributed by atoms with E-state index >= 15 is 0 Å². The smallest absolute Gasteiger partial charge is 0.283 e. The minimum atomic E-state index is -4.44. The summed E-state index contributed by atoms with van der Waals surface area (Å²) in [4.78, 5) is 3.66. The maximum atomic E-state index is 10.6. The lowest BCUT2D eigenvalue weighted by Gasteiger charge is -2.09. The Labute approximate surface area is 75.3 Å². The van der Waals surface area contributed by atoms with Crippen molar-refractivity contribution in [1.82, 2.24) is 0 Å². The Morgan fingerprint density at radius 1 is 1.23 bits per heavy atom. The van der Waals surface area contributed by atoms with E-state index in [1.54, 1.807) is 18.2 Å². The Hall–Kier alpha value is -0.950. The second-order valence-corrected chi connectivity index (χ2v) is 3.82. The zero-order chi connectivity index (χ0) is 9.90. The molecule has 1 unspecified atom stereocenters. The van der Waals surface area contributed by atoms with Gasteiger partial charge in [-0.2, -0.15) is 8.42 Å². The van der Waals surface area contributed by atoms with Crippen molar-refractivity contribution >= 4 is 10.1 Å². The van der Waals surface area contributed by atoms with Crippen molar-refractivity contribution in [3.8, 4) is 0 Å². The van der Waals surface area contributed by atoms with E-state index in [9.17, 15) is 8.42 Å². The van der Waals surface area contributed by atoms with Crippen molar-refractivity contribution in [2.45, 2.75) is 5.44 Å². The molecule has 0 amide bonds. The lowest BCUT2D eigenvalue weighted by molar-refractivity contribution is -0.259. The maximum Gasteiger partial charge on any atom is 0.300 e. The van der Waals surface area contributed by atoms with Crippen LogP contribution in [0.2, 0.25) is 0 Å². The Morgan fingerprint density at radius 2 is 1.77 bits per heavy atom. The fourth-order valence-corrected chi connectivity index (χ4v) is 1.51. The molecule has 72 valence electrons. The SMILES string of the molecule is O=S(=O)(O)C(OO)c1ccccc1. The third kappa shape index (κ3) is 2.49. The molecule has 1 atom stereocenters. The van der Waals surface area contributed by atoms with Gasteiger partial charge < -0.3 is 0 Å². The average molecular weight is 204 g/mol. The highest BCUT2D eigenvalue weighted by Gasteiger charge is 2.25. The van der Waals surface area contributed by atoms with Gasteiger partial charge in [0.2, 0.25) is 5.44 Å². The van der Waals surface area contributed by atoms with Gasteiger partial charge in [-0.25, -0.2) is 4.89 Å². The van der Waals surface area contributed by atoms with Crippen molar-refractivity contribution in [2.75, 3.05) is 0 Å². The molecule has 0 aliphatic carbocycles. The topological polar surface area (TPSA) is 83.8 Å². The van der Waals surface area contributed by atoms with Crippen LogP contribution in [0.15, 0.2) is 30.3 Å². The zero-order valence-corrected chi connectivity index (χ0v) is 7.31. The maximum absolute atomic E-state index is 10.6. The number of benzene rings is 1. The molecule has 1 rings (SSSR count). The van der Waals surface area contributed by atoms with Crippen LogP contribution in [0.25, 0.3) is 0 Å². The molecule has 0 spiro atoms. The van der Waals surface area contributed by atoms with Crippen LogP contribution in [0.1, 0.15) is 11.0 Å². The monoisotopic (exact) mass is 204 g/mol. The lowest BCUT2D eigenvalue weighted by atomic mass is 10.2. The van der Waals surface area contributed by atoms with E-state index in [-0.39, 0.29) is 5.56 Å². The molecule has 0 fully saturated rings. The van der Waals surface area contributed by atoms with Gasteiger partial charge in [-0.05, 0) is 0 Å². The summed E-state index contributed by atoms with van der Waals surface area (Å²) >= 11 is 0. The zero-order valence-electron chi connectivity index (χ0n) is 6.49. The van der Waals surface area contributed by atoms with Gasteiger partial charge in [0.1, 0.15) is 0 Å². The van der Waals surface area contributed by atoms with Gasteiger partial charge in [0, 0.05) is 5.56 Å². The first-order valence-electron chi connectivity index (χ1n) is 3.37. The number of hydrogen-bond donors (Lipinski definition) is 2. The molecule has 0 heterocycles. The van der Waals surface area contributed by atoms with Crippen LogP contribution < -0.4 is 0 Å². The largest absolute Gasteiger partial charge is 0.300 e. The molecule has 0 radical (unpaired) electrons. The van der Waals surface area contributed by atoms with Crippen LogP contribution in [-0.4, -0.2) is 18.2 Å². The number of hydrogen-bond acceptors (Lipinski definition) is 4. The molecule has 13 heavy (non-hydrogen) atoms. The van der Waals surface area contributed by atoms with Crippen LogP contribution in [0, 0.1) is 0 Å². The first kappa shape index (κ1) is 10.1. The summed E-state index contributed by atoms with van der Waals surface area (Å²) in [7, 11) is -4.44. The highest BCUT2D eigenvalue weighted by Crippen LogP contribution is 2.20. The van der Waals surface area contributed by atoms with Gasteiger partial charge in [0.15, 0.2) is 0 Å². The van der Waals surface area contributed by atoms with Crippen LogP contribution in [0.4, 0.5) is 0 Å². The summed E-state index contributed by atoms with van der Waals surface area (Å²) in [6.07, 6.45) is 0. The fourth-order valence-electron chi connectivity index (χ4n) is 0.897. The van der Waals surface area contributed by atoms with Crippen molar-refractivity contribution in [3.63, 3.8) is 0 Å². The summed E-state index contributed by atoms with van der Waals surface area (Å²) in [5.41, 5.74) is -1.58. The Morgan fingerprint density at radius 3 is 2.15 bits per heavy atom. The molecule has 0 saturated carbocycles. The third-order valence-electron chi connectivity index (χ3n) is 1.44. The summed E-state index contributed by atoms with van der Waals surface area (Å²) in [6, 6.07) is 7.62. The first-order chi connectivity index (χ1) is 6.05. The second-order valence-electron chi connectivity index (χ2n) is 2.36. The first-order valence-corrected chi connectivity index (χ1v) is 4.87. The molecular formula is C7H8O5S. The van der Waals surface area contributed by atoms with E-state index in [0.29, 0.717) is 0 Å². The minimum absolute atomic E-state index is 0.160. The summed E-state index contributed by atoms with van der Waals surface area (Å²) < 4.78 is 29.9. The quantitative estimate of drug-likeness (QED) is 0.437. The Balaban J connectivity index is 3.06. The Kier molecular flexibility index (Phi) is 2.99. The van der Waals surface area contributed by atoms with Gasteiger partial charge >= 0.3 is 0 Å². The van der Waals surface area contributed by atoms with Gasteiger partial charge in [-0.3, -0.25) is 9.81 Å². The van der Waals surface area contributed by atoms with Crippen molar-refractivity contribution in [1.29, 1.82) is 0 Å². The van der Waals surface area contributed by atoms with Crippen LogP contribution in [0.5, 0.6) is 0 Å². The van der Waals surface area contributed by atoms with Crippen molar-refractivity contribution in [3.05, 3.63) is 35.9 Å². The van der Waals surface area contributed by atoms with Crippen molar-refractivity contribution in [2.24, 2.45) is 0 Å². The molecule has 0 aromatic heterocycles. The summed E-state index contributed by atoms with van der Waals surface area (Å²) in [5, 5.41) is 8.28. The molecular weight excluding hydrogens is 196 g/mol. The summed E-state index contributed by atoms with van der Waals surface area (Å²) in [6.45, 7) is 0. The van der Waals surface area contributed by atoms with Gasteiger partial charge in [0.05, 0.1) is 0 Å². The van der Waals surface area contributed by atoms with Crippen LogP contribution in [0.3, 0.4) is 0 Å². The van der Waals surface area contributed by atoms with Gasteiger partial charge in [-0.15, -0.1) is 0 Å². The second kappa shape index (κ2) is 3.84. The molecule has 0 aliphatic heterocycles. The molecule has 6 heteroatoms. The van der Waals surface area contributed by atoms with E-state index in [1.165, 1.54) is 12.1 Å². The standard InChI is InChI=1S/C7H8O5S/c8-12-7(13(9,10)11)6-4-2-1-3-5-6/h1-5,7-8H,(H,9,10,11). The van der Waals surface area contributed by atoms with E-state index in [1.807, 2.05) is 0 Å². The van der Waals surface area contributed by atoms with Crippen molar-refractivity contribution < 1.29 is 23.1 Å². The molecule has 5 nitrogen and oxygen atoms in total. The summed E-state index contributed by atoms with van der Waals surface area (Å²) in [5.74, 6) is 0. The van der Waals surface area contributed by atoms with E-state index in [2.05, 4.69) is 4.89 Å². The van der Waals surface area contributed by atoms with Gasteiger partial charge in [-0.1, -0.05) is 30.3 Å². The van der Waals surface area contributed by atoms with Crippen LogP contribution in [-0.2, 0) is 15.0 Å². The Bertz CT molecular complexity index is 358. The van der Waals surface area contributed by atoms with E-state index in [0.717, 1.165) is 0 Å². The molecule has 0 aliphatic rings. The number of rotatable bonds is 3. The normalized spacial score (nSPS) is 14.0. The molecule has 0 saturated heterocycles. The fraction of sp³-hybridized carbons (Fsp3) is 0.143. The van der Waals surface area contributed by atoms with Gasteiger partial charge in [0.25, 0.3) is 10.1 Å². The highest BCUT2D eigenvalue weighted by molar-refractivity contribution is 7.85. The lowest BCUT2D eigenvalue weighted by Crippen LogP contribution is -2.13. The molecule has 2 N–H and O–H groups in total. The minimum Gasteiger partial charge on any atom is -0.283 e.